The average Bonchev–Trinajstić information content (AvgIpc) is 2.79. The lowest BCUT2D eigenvalue weighted by molar-refractivity contribution is -0.193. The third-order valence-electron chi connectivity index (χ3n) is 5.57. The predicted molar refractivity (Wildman–Crippen MR) is 90.1 cm³/mol. The third-order valence-corrected chi connectivity index (χ3v) is 5.57. The Hall–Kier alpha value is -0.910. The van der Waals surface area contributed by atoms with Crippen LogP contribution in [-0.4, -0.2) is 50.5 Å². The standard InChI is InChI=1S/C18H31N3O2/c1-13(2)17-9-16(22)10-18(23-17)5-7-21(8-6-18)12-15-11-20(4)14(3)19-15/h11,13,16-17,22H,5-10,12H2,1-4H3/t16-,17-/m1/s1. The summed E-state index contributed by atoms with van der Waals surface area (Å²) in [5.41, 5.74) is 1.04. The van der Waals surface area contributed by atoms with E-state index in [4.69, 9.17) is 4.74 Å². The molecule has 2 aliphatic rings. The molecule has 2 fully saturated rings. The van der Waals surface area contributed by atoms with Gasteiger partial charge in [-0.3, -0.25) is 4.90 Å². The lowest BCUT2D eigenvalue weighted by Crippen LogP contribution is -2.53. The number of rotatable bonds is 3. The second kappa shape index (κ2) is 6.54. The molecule has 1 spiro atoms. The molecule has 0 bridgehead atoms. The Morgan fingerprint density at radius 2 is 2.09 bits per heavy atom. The van der Waals surface area contributed by atoms with Gasteiger partial charge >= 0.3 is 0 Å². The molecule has 0 aromatic carbocycles. The van der Waals surface area contributed by atoms with Gasteiger partial charge in [0.15, 0.2) is 0 Å². The fraction of sp³-hybridized carbons (Fsp3) is 0.833. The molecule has 0 unspecified atom stereocenters. The molecule has 3 rings (SSSR count). The van der Waals surface area contributed by atoms with E-state index < -0.39 is 0 Å². The maximum absolute atomic E-state index is 10.3. The third kappa shape index (κ3) is 3.78. The van der Waals surface area contributed by atoms with Crippen molar-refractivity contribution in [2.45, 2.75) is 70.8 Å². The molecular weight excluding hydrogens is 290 g/mol. The van der Waals surface area contributed by atoms with Crippen molar-refractivity contribution in [2.24, 2.45) is 13.0 Å². The van der Waals surface area contributed by atoms with Crippen molar-refractivity contribution in [3.05, 3.63) is 17.7 Å². The Morgan fingerprint density at radius 3 is 2.65 bits per heavy atom. The second-order valence-electron chi connectivity index (χ2n) is 7.84. The number of ether oxygens (including phenoxy) is 1. The smallest absolute Gasteiger partial charge is 0.105 e. The Labute approximate surface area is 139 Å². The van der Waals surface area contributed by atoms with Crippen molar-refractivity contribution in [1.29, 1.82) is 0 Å². The number of imidazole rings is 1. The second-order valence-corrected chi connectivity index (χ2v) is 7.84. The first kappa shape index (κ1) is 16.9. The average molecular weight is 321 g/mol. The van der Waals surface area contributed by atoms with Crippen molar-refractivity contribution < 1.29 is 9.84 Å². The largest absolute Gasteiger partial charge is 0.393 e. The molecule has 23 heavy (non-hydrogen) atoms. The minimum absolute atomic E-state index is 0.108. The number of aliphatic hydroxyl groups is 1. The van der Waals surface area contributed by atoms with E-state index in [1.54, 1.807) is 0 Å². The topological polar surface area (TPSA) is 50.5 Å². The molecule has 0 amide bonds. The van der Waals surface area contributed by atoms with Crippen molar-refractivity contribution in [2.75, 3.05) is 13.1 Å². The zero-order valence-electron chi connectivity index (χ0n) is 15.0. The number of aryl methyl sites for hydroxylation is 2. The first-order valence-corrected chi connectivity index (χ1v) is 8.94. The molecule has 1 aromatic rings. The van der Waals surface area contributed by atoms with E-state index in [1.165, 1.54) is 0 Å². The highest BCUT2D eigenvalue weighted by atomic mass is 16.5. The van der Waals surface area contributed by atoms with Gasteiger partial charge < -0.3 is 14.4 Å². The van der Waals surface area contributed by atoms with Crippen molar-refractivity contribution in [3.8, 4) is 0 Å². The molecule has 2 aliphatic heterocycles. The first-order valence-electron chi connectivity index (χ1n) is 8.94. The maximum atomic E-state index is 10.3. The van der Waals surface area contributed by atoms with Crippen LogP contribution < -0.4 is 0 Å². The van der Waals surface area contributed by atoms with Crippen LogP contribution in [0.2, 0.25) is 0 Å². The van der Waals surface area contributed by atoms with Crippen molar-refractivity contribution in [1.82, 2.24) is 14.5 Å². The van der Waals surface area contributed by atoms with Gasteiger partial charge in [0, 0.05) is 39.3 Å². The SMILES string of the molecule is Cc1nc(CN2CCC3(CC2)C[C@H](O)C[C@H](C(C)C)O3)cn1C. The van der Waals surface area contributed by atoms with Crippen molar-refractivity contribution in [3.63, 3.8) is 0 Å². The number of likely N-dealkylation sites (tertiary alicyclic amines) is 1. The molecule has 5 nitrogen and oxygen atoms in total. The normalized spacial score (nSPS) is 28.6. The fourth-order valence-corrected chi connectivity index (χ4v) is 3.98. The summed E-state index contributed by atoms with van der Waals surface area (Å²) in [6.45, 7) is 9.37. The van der Waals surface area contributed by atoms with Gasteiger partial charge in [-0.05, 0) is 32.1 Å². The van der Waals surface area contributed by atoms with E-state index in [0.717, 1.165) is 56.8 Å². The van der Waals surface area contributed by atoms with Crippen LogP contribution in [0.3, 0.4) is 0 Å². The van der Waals surface area contributed by atoms with Crippen LogP contribution >= 0.6 is 0 Å². The van der Waals surface area contributed by atoms with Crippen molar-refractivity contribution >= 4 is 0 Å². The van der Waals surface area contributed by atoms with Gasteiger partial charge in [0.25, 0.3) is 0 Å². The summed E-state index contributed by atoms with van der Waals surface area (Å²) in [4.78, 5) is 7.07. The highest BCUT2D eigenvalue weighted by Crippen LogP contribution is 2.39. The van der Waals surface area contributed by atoms with Crippen LogP contribution in [0.1, 0.15) is 51.0 Å². The summed E-state index contributed by atoms with van der Waals surface area (Å²) >= 11 is 0. The van der Waals surface area contributed by atoms with Crippen LogP contribution in [0.15, 0.2) is 6.20 Å². The number of hydrogen-bond donors (Lipinski definition) is 1. The van der Waals surface area contributed by atoms with Crippen LogP contribution in [-0.2, 0) is 18.3 Å². The Kier molecular flexibility index (Phi) is 4.81. The van der Waals surface area contributed by atoms with E-state index >= 15 is 0 Å². The molecule has 2 atom stereocenters. The molecular formula is C18H31N3O2. The highest BCUT2D eigenvalue weighted by Gasteiger charge is 2.43. The summed E-state index contributed by atoms with van der Waals surface area (Å²) in [6.07, 6.45) is 5.72. The van der Waals surface area contributed by atoms with E-state index in [-0.39, 0.29) is 17.8 Å². The van der Waals surface area contributed by atoms with Crippen LogP contribution in [0.25, 0.3) is 0 Å². The number of hydrogen-bond acceptors (Lipinski definition) is 4. The molecule has 130 valence electrons. The van der Waals surface area contributed by atoms with E-state index in [2.05, 4.69) is 34.5 Å². The number of aliphatic hydroxyl groups excluding tert-OH is 1. The lowest BCUT2D eigenvalue weighted by atomic mass is 9.80. The van der Waals surface area contributed by atoms with Gasteiger partial charge in [-0.25, -0.2) is 4.98 Å². The fourth-order valence-electron chi connectivity index (χ4n) is 3.98. The molecule has 0 radical (unpaired) electrons. The summed E-state index contributed by atoms with van der Waals surface area (Å²) in [5, 5.41) is 10.3. The van der Waals surface area contributed by atoms with Crippen LogP contribution in [0.4, 0.5) is 0 Å². The Balaban J connectivity index is 1.58. The minimum Gasteiger partial charge on any atom is -0.393 e. The van der Waals surface area contributed by atoms with Crippen LogP contribution in [0.5, 0.6) is 0 Å². The molecule has 3 heterocycles. The quantitative estimate of drug-likeness (QED) is 0.928. The predicted octanol–water partition coefficient (Wildman–Crippen LogP) is 2.26. The van der Waals surface area contributed by atoms with Gasteiger partial charge in [-0.2, -0.15) is 0 Å². The van der Waals surface area contributed by atoms with Gasteiger partial charge in [0.05, 0.1) is 23.5 Å². The van der Waals surface area contributed by atoms with E-state index in [9.17, 15) is 5.11 Å². The molecule has 5 heteroatoms. The number of piperidine rings is 1. The molecule has 2 saturated heterocycles. The highest BCUT2D eigenvalue weighted by molar-refractivity contribution is 5.03. The summed E-state index contributed by atoms with van der Waals surface area (Å²) in [7, 11) is 2.04. The number of aromatic nitrogens is 2. The Bertz CT molecular complexity index is 513. The zero-order valence-corrected chi connectivity index (χ0v) is 15.0. The minimum atomic E-state index is -0.207. The van der Waals surface area contributed by atoms with Gasteiger partial charge in [0.1, 0.15) is 5.82 Å². The Morgan fingerprint density at radius 1 is 1.39 bits per heavy atom. The van der Waals surface area contributed by atoms with Crippen LogP contribution in [0, 0.1) is 12.8 Å². The van der Waals surface area contributed by atoms with E-state index in [0.29, 0.717) is 5.92 Å². The number of nitrogens with zero attached hydrogens (tertiary/aromatic N) is 3. The molecule has 1 aromatic heterocycles. The monoisotopic (exact) mass is 321 g/mol. The summed E-state index contributed by atoms with van der Waals surface area (Å²) in [6, 6.07) is 0. The molecule has 1 N–H and O–H groups in total. The zero-order chi connectivity index (χ0) is 16.6. The van der Waals surface area contributed by atoms with E-state index in [1.807, 2.05) is 14.0 Å². The van der Waals surface area contributed by atoms with Gasteiger partial charge in [0.2, 0.25) is 0 Å². The molecule has 0 aliphatic carbocycles. The summed E-state index contributed by atoms with van der Waals surface area (Å²) in [5.74, 6) is 1.53. The maximum Gasteiger partial charge on any atom is 0.105 e. The van der Waals surface area contributed by atoms with Gasteiger partial charge in [-0.15, -0.1) is 0 Å². The lowest BCUT2D eigenvalue weighted by Gasteiger charge is -2.48. The summed E-state index contributed by atoms with van der Waals surface area (Å²) < 4.78 is 8.54. The first-order chi connectivity index (χ1) is 10.9. The van der Waals surface area contributed by atoms with Gasteiger partial charge in [-0.1, -0.05) is 13.8 Å². The molecule has 0 saturated carbocycles.